The molecular formula is C11H22N2O. The molecule has 2 heterocycles. The molecule has 0 aliphatic carbocycles. The number of rotatable bonds is 0. The molecule has 0 spiro atoms. The van der Waals surface area contributed by atoms with Crippen LogP contribution in [0.4, 0.5) is 0 Å². The second-order valence-corrected chi connectivity index (χ2v) is 3.90. The summed E-state index contributed by atoms with van der Waals surface area (Å²) in [5.74, 6) is 0.371. The third-order valence-corrected chi connectivity index (χ3v) is 2.91. The second-order valence-electron chi connectivity index (χ2n) is 3.90. The number of carbonyl (C=O) groups excluding carboxylic acids is 1. The summed E-state index contributed by atoms with van der Waals surface area (Å²) in [6, 6.07) is 0.519. The van der Waals surface area contributed by atoms with Crippen LogP contribution in [0.5, 0.6) is 0 Å². The lowest BCUT2D eigenvalue weighted by molar-refractivity contribution is -0.128. The van der Waals surface area contributed by atoms with Crippen LogP contribution in [0.1, 0.15) is 33.1 Å². The first-order chi connectivity index (χ1) is 6.77. The number of amides is 1. The average Bonchev–Trinajstić information content (AvgIpc) is 2.44. The number of hydrogen-bond donors (Lipinski definition) is 0. The summed E-state index contributed by atoms with van der Waals surface area (Å²) in [5, 5.41) is 0. The number of hydrogen-bond acceptors (Lipinski definition) is 2. The number of fused-ring (bicyclic) bond motifs is 1. The molecule has 1 unspecified atom stereocenters. The van der Waals surface area contributed by atoms with Crippen molar-refractivity contribution in [3.05, 3.63) is 0 Å². The van der Waals surface area contributed by atoms with E-state index in [4.69, 9.17) is 0 Å². The fraction of sp³-hybridized carbons (Fsp3) is 0.909. The highest BCUT2D eigenvalue weighted by Crippen LogP contribution is 2.21. The quantitative estimate of drug-likeness (QED) is 0.586. The molecule has 0 N–H and O–H groups in total. The molecule has 1 amide bonds. The zero-order valence-corrected chi connectivity index (χ0v) is 9.62. The van der Waals surface area contributed by atoms with Gasteiger partial charge in [-0.05, 0) is 26.4 Å². The lowest BCUT2D eigenvalue weighted by Crippen LogP contribution is -2.37. The Labute approximate surface area is 87.1 Å². The highest BCUT2D eigenvalue weighted by atomic mass is 16.2. The Kier molecular flexibility index (Phi) is 4.39. The SMILES string of the molecule is CC.CN1CCCN2C(=O)CCC2C1. The topological polar surface area (TPSA) is 23.6 Å². The van der Waals surface area contributed by atoms with Crippen molar-refractivity contribution in [1.82, 2.24) is 9.80 Å². The molecule has 82 valence electrons. The molecule has 0 aromatic heterocycles. The second kappa shape index (κ2) is 5.35. The average molecular weight is 198 g/mol. The van der Waals surface area contributed by atoms with Crippen LogP contribution in [-0.2, 0) is 4.79 Å². The van der Waals surface area contributed by atoms with Crippen LogP contribution in [-0.4, -0.2) is 48.4 Å². The van der Waals surface area contributed by atoms with Crippen LogP contribution < -0.4 is 0 Å². The van der Waals surface area contributed by atoms with Gasteiger partial charge >= 0.3 is 0 Å². The summed E-state index contributed by atoms with van der Waals surface area (Å²) in [4.78, 5) is 15.8. The minimum atomic E-state index is 0.371. The summed E-state index contributed by atoms with van der Waals surface area (Å²) in [6.07, 6.45) is 2.99. The van der Waals surface area contributed by atoms with Gasteiger partial charge in [0.2, 0.25) is 5.91 Å². The van der Waals surface area contributed by atoms with Gasteiger partial charge in [-0.2, -0.15) is 0 Å². The highest BCUT2D eigenvalue weighted by molar-refractivity contribution is 5.78. The summed E-state index contributed by atoms with van der Waals surface area (Å²) >= 11 is 0. The first-order valence-electron chi connectivity index (χ1n) is 5.75. The predicted molar refractivity (Wildman–Crippen MR) is 58.2 cm³/mol. The van der Waals surface area contributed by atoms with Gasteiger partial charge in [0.15, 0.2) is 0 Å². The van der Waals surface area contributed by atoms with E-state index in [-0.39, 0.29) is 0 Å². The van der Waals surface area contributed by atoms with Crippen LogP contribution in [0.3, 0.4) is 0 Å². The Morgan fingerprint density at radius 2 is 2.00 bits per heavy atom. The van der Waals surface area contributed by atoms with Gasteiger partial charge in [0.25, 0.3) is 0 Å². The van der Waals surface area contributed by atoms with Crippen molar-refractivity contribution >= 4 is 5.91 Å². The molecule has 2 aliphatic heterocycles. The molecule has 1 atom stereocenters. The monoisotopic (exact) mass is 198 g/mol. The maximum absolute atomic E-state index is 11.4. The van der Waals surface area contributed by atoms with Gasteiger partial charge < -0.3 is 9.80 Å². The largest absolute Gasteiger partial charge is 0.338 e. The van der Waals surface area contributed by atoms with Crippen molar-refractivity contribution < 1.29 is 4.79 Å². The molecule has 0 aromatic rings. The minimum absolute atomic E-state index is 0.371. The van der Waals surface area contributed by atoms with Gasteiger partial charge in [0.05, 0.1) is 0 Å². The van der Waals surface area contributed by atoms with Crippen molar-refractivity contribution in [2.75, 3.05) is 26.7 Å². The zero-order chi connectivity index (χ0) is 10.6. The molecule has 0 radical (unpaired) electrons. The van der Waals surface area contributed by atoms with Crippen LogP contribution in [0, 0.1) is 0 Å². The van der Waals surface area contributed by atoms with Crippen molar-refractivity contribution in [3.8, 4) is 0 Å². The lowest BCUT2D eigenvalue weighted by atomic mass is 10.2. The lowest BCUT2D eigenvalue weighted by Gasteiger charge is -2.23. The number of nitrogens with zero attached hydrogens (tertiary/aromatic N) is 2. The van der Waals surface area contributed by atoms with Gasteiger partial charge in [-0.15, -0.1) is 0 Å². The van der Waals surface area contributed by atoms with E-state index in [1.54, 1.807) is 0 Å². The van der Waals surface area contributed by atoms with E-state index in [0.29, 0.717) is 11.9 Å². The van der Waals surface area contributed by atoms with Crippen LogP contribution in [0.15, 0.2) is 0 Å². The van der Waals surface area contributed by atoms with Gasteiger partial charge in [-0.3, -0.25) is 4.79 Å². The van der Waals surface area contributed by atoms with Crippen molar-refractivity contribution in [1.29, 1.82) is 0 Å². The van der Waals surface area contributed by atoms with Crippen LogP contribution in [0.2, 0.25) is 0 Å². The Morgan fingerprint density at radius 1 is 1.29 bits per heavy atom. The molecule has 3 heteroatoms. The van der Waals surface area contributed by atoms with E-state index in [2.05, 4.69) is 16.8 Å². The van der Waals surface area contributed by atoms with E-state index in [1.807, 2.05) is 13.8 Å². The fourth-order valence-electron chi connectivity index (χ4n) is 2.25. The smallest absolute Gasteiger partial charge is 0.222 e. The molecule has 0 saturated carbocycles. The van der Waals surface area contributed by atoms with Gasteiger partial charge in [0.1, 0.15) is 0 Å². The van der Waals surface area contributed by atoms with Crippen LogP contribution in [0.25, 0.3) is 0 Å². The molecule has 2 aliphatic rings. The third kappa shape index (κ3) is 2.47. The van der Waals surface area contributed by atoms with E-state index < -0.39 is 0 Å². The standard InChI is InChI=1S/C9H16N2O.C2H6/c1-10-5-2-6-11-8(7-10)3-4-9(11)12;1-2/h8H,2-7H2,1H3;1-2H3. The zero-order valence-electron chi connectivity index (χ0n) is 9.62. The molecule has 2 fully saturated rings. The number of likely N-dealkylation sites (N-methyl/N-ethyl adjacent to an activating group) is 1. The number of carbonyl (C=O) groups is 1. The van der Waals surface area contributed by atoms with Crippen molar-refractivity contribution in [2.24, 2.45) is 0 Å². The van der Waals surface area contributed by atoms with E-state index >= 15 is 0 Å². The molecule has 3 nitrogen and oxygen atoms in total. The summed E-state index contributed by atoms with van der Waals surface area (Å²) in [7, 11) is 2.15. The fourth-order valence-corrected chi connectivity index (χ4v) is 2.25. The normalized spacial score (nSPS) is 27.8. The Morgan fingerprint density at radius 3 is 2.71 bits per heavy atom. The van der Waals surface area contributed by atoms with Gasteiger partial charge in [-0.1, -0.05) is 13.8 Å². The summed E-state index contributed by atoms with van der Waals surface area (Å²) < 4.78 is 0. The Hall–Kier alpha value is -0.570. The summed E-state index contributed by atoms with van der Waals surface area (Å²) in [5.41, 5.74) is 0. The summed E-state index contributed by atoms with van der Waals surface area (Å²) in [6.45, 7) is 7.19. The molecular weight excluding hydrogens is 176 g/mol. The molecule has 2 saturated heterocycles. The molecule has 0 bridgehead atoms. The minimum Gasteiger partial charge on any atom is -0.338 e. The Bertz CT molecular complexity index is 194. The first-order valence-corrected chi connectivity index (χ1v) is 5.75. The van der Waals surface area contributed by atoms with E-state index in [0.717, 1.165) is 38.9 Å². The molecule has 0 aromatic carbocycles. The molecule has 14 heavy (non-hydrogen) atoms. The van der Waals surface area contributed by atoms with Gasteiger partial charge in [-0.25, -0.2) is 0 Å². The Balaban J connectivity index is 0.000000461. The maximum atomic E-state index is 11.4. The van der Waals surface area contributed by atoms with E-state index in [1.165, 1.54) is 0 Å². The van der Waals surface area contributed by atoms with Crippen molar-refractivity contribution in [3.63, 3.8) is 0 Å². The highest BCUT2D eigenvalue weighted by Gasteiger charge is 2.32. The van der Waals surface area contributed by atoms with Gasteiger partial charge in [0, 0.05) is 25.6 Å². The predicted octanol–water partition coefficient (Wildman–Crippen LogP) is 1.34. The van der Waals surface area contributed by atoms with E-state index in [9.17, 15) is 4.79 Å². The van der Waals surface area contributed by atoms with Crippen LogP contribution >= 0.6 is 0 Å². The first kappa shape index (κ1) is 11.5. The molecule has 2 rings (SSSR count). The van der Waals surface area contributed by atoms with Crippen molar-refractivity contribution in [2.45, 2.75) is 39.2 Å². The third-order valence-electron chi connectivity index (χ3n) is 2.91. The maximum Gasteiger partial charge on any atom is 0.222 e.